The van der Waals surface area contributed by atoms with Gasteiger partial charge in [-0.15, -0.1) is 46.7 Å². The molecule has 12 N–H and O–H groups in total. The number of hydrogen-bond donors (Lipinski definition) is 12. The SMILES string of the molecule is CSC1OC(C(NC(=O)C2CC[C@@H](CO)CCN2)C(C)Cl)C(O)C(O)C1O.CSC1OC(C(NC(=O)C2CC[C@H](CO)CCN2)C(C)Cl)C(O)C(O)C1O. The molecule has 18 atom stereocenters. The number of halogens is 2. The normalized spacial score (nSPS) is 40.0. The molecule has 0 aromatic carbocycles. The quantitative estimate of drug-likeness (QED) is 0.0952. The lowest BCUT2D eigenvalue weighted by atomic mass is 9.92. The summed E-state index contributed by atoms with van der Waals surface area (Å²) in [6.45, 7) is 4.83. The van der Waals surface area contributed by atoms with Gasteiger partial charge < -0.3 is 71.6 Å². The molecule has 4 saturated heterocycles. The summed E-state index contributed by atoms with van der Waals surface area (Å²) in [4.78, 5) is 25.5. The lowest BCUT2D eigenvalue weighted by molar-refractivity contribution is -0.205. The Morgan fingerprint density at radius 1 is 0.630 bits per heavy atom. The number of hydrogen-bond acceptors (Lipinski definition) is 16. The van der Waals surface area contributed by atoms with Gasteiger partial charge in [-0.1, -0.05) is 0 Å². The first kappa shape index (κ1) is 48.1. The summed E-state index contributed by atoms with van der Waals surface area (Å²) in [5.74, 6) is -0.160. The second kappa shape index (κ2) is 23.4. The van der Waals surface area contributed by atoms with E-state index in [0.717, 1.165) is 25.7 Å². The number of nitrogens with one attached hydrogen (secondary N) is 4. The van der Waals surface area contributed by atoms with Gasteiger partial charge in [0.15, 0.2) is 0 Å². The van der Waals surface area contributed by atoms with Crippen molar-refractivity contribution in [3.05, 3.63) is 0 Å². The first-order valence-electron chi connectivity index (χ1n) is 18.6. The first-order chi connectivity index (χ1) is 25.6. The van der Waals surface area contributed by atoms with Crippen LogP contribution in [-0.4, -0.2) is 186 Å². The Kier molecular flexibility index (Phi) is 20.8. The lowest BCUT2D eigenvalue weighted by Gasteiger charge is -2.44. The number of thioether (sulfide) groups is 2. The minimum absolute atomic E-state index is 0.107. The predicted molar refractivity (Wildman–Crippen MR) is 207 cm³/mol. The Hall–Kier alpha value is -0.260. The highest BCUT2D eigenvalue weighted by Gasteiger charge is 2.49. The van der Waals surface area contributed by atoms with Crippen LogP contribution >= 0.6 is 46.7 Å². The molecule has 4 aliphatic rings. The highest BCUT2D eigenvalue weighted by atomic mass is 35.5. The Bertz CT molecular complexity index is 1060. The van der Waals surface area contributed by atoms with Gasteiger partial charge in [0.2, 0.25) is 11.8 Å². The molecule has 4 aliphatic heterocycles. The largest absolute Gasteiger partial charge is 0.396 e. The Labute approximate surface area is 336 Å². The van der Waals surface area contributed by atoms with E-state index in [9.17, 15) is 50.4 Å². The fraction of sp³-hybridized carbons (Fsp3) is 0.941. The maximum Gasteiger partial charge on any atom is 0.237 e. The molecule has 4 rings (SSSR count). The average molecular weight is 854 g/mol. The Morgan fingerprint density at radius 2 is 0.981 bits per heavy atom. The van der Waals surface area contributed by atoms with Crippen molar-refractivity contribution in [2.75, 3.05) is 38.8 Å². The molecule has 16 unspecified atom stereocenters. The number of aliphatic hydroxyl groups excluding tert-OH is 8. The van der Waals surface area contributed by atoms with Gasteiger partial charge in [-0.3, -0.25) is 9.59 Å². The second-order valence-corrected chi connectivity index (χ2v) is 17.9. The van der Waals surface area contributed by atoms with Crippen molar-refractivity contribution in [2.24, 2.45) is 11.8 Å². The van der Waals surface area contributed by atoms with Crippen LogP contribution in [0, 0.1) is 11.8 Å². The van der Waals surface area contributed by atoms with E-state index in [1.807, 2.05) is 0 Å². The molecule has 20 heteroatoms. The monoisotopic (exact) mass is 852 g/mol. The van der Waals surface area contributed by atoms with Gasteiger partial charge in [0.1, 0.15) is 59.7 Å². The Morgan fingerprint density at radius 3 is 1.28 bits per heavy atom. The van der Waals surface area contributed by atoms with Crippen LogP contribution in [0.5, 0.6) is 0 Å². The van der Waals surface area contributed by atoms with Crippen LogP contribution in [0.1, 0.15) is 52.4 Å². The molecule has 0 aliphatic carbocycles. The third-order valence-electron chi connectivity index (χ3n) is 10.8. The molecule has 16 nitrogen and oxygen atoms in total. The summed E-state index contributed by atoms with van der Waals surface area (Å²) in [5, 5.41) is 90.6. The molecule has 2 amide bonds. The molecule has 0 aromatic rings. The molecule has 0 radical (unpaired) electrons. The van der Waals surface area contributed by atoms with Crippen LogP contribution in [0.15, 0.2) is 0 Å². The van der Waals surface area contributed by atoms with Crippen LogP contribution in [-0.2, 0) is 19.1 Å². The molecular weight excluding hydrogens is 791 g/mol. The summed E-state index contributed by atoms with van der Waals surface area (Å²) >= 11 is 15.0. The zero-order valence-corrected chi connectivity index (χ0v) is 34.4. The second-order valence-electron chi connectivity index (χ2n) is 14.6. The zero-order chi connectivity index (χ0) is 40.3. The van der Waals surface area contributed by atoms with E-state index in [1.54, 1.807) is 26.4 Å². The highest BCUT2D eigenvalue weighted by molar-refractivity contribution is 7.99. The third-order valence-corrected chi connectivity index (χ3v) is 13.0. The minimum Gasteiger partial charge on any atom is -0.396 e. The number of amides is 2. The summed E-state index contributed by atoms with van der Waals surface area (Å²) < 4.78 is 11.5. The van der Waals surface area contributed by atoms with Gasteiger partial charge in [-0.25, -0.2) is 0 Å². The molecule has 4 fully saturated rings. The molecule has 0 aromatic heterocycles. The van der Waals surface area contributed by atoms with Gasteiger partial charge >= 0.3 is 0 Å². The standard InChI is InChI=1S/2C17H31ClN2O6S/c2*1-8(18)11(15-13(23)12(22)14(24)17(26-15)27-2)20-16(25)10-4-3-9(7-21)5-6-19-10/h2*8-15,17,19,21-24H,3-7H2,1-2H3,(H,20,25)/t2*8?,9-,10?,11?,12?,13?,14?,15?,17?/m10/s1. The molecule has 316 valence electrons. The summed E-state index contributed by atoms with van der Waals surface area (Å²) in [5.41, 5.74) is -1.46. The lowest BCUT2D eigenvalue weighted by Crippen LogP contribution is -2.65. The fourth-order valence-electron chi connectivity index (χ4n) is 7.21. The van der Waals surface area contributed by atoms with E-state index in [4.69, 9.17) is 32.7 Å². The van der Waals surface area contributed by atoms with Crippen LogP contribution in [0.2, 0.25) is 0 Å². The summed E-state index contributed by atoms with van der Waals surface area (Å²) in [6.07, 6.45) is -2.19. The molecule has 0 spiro atoms. The molecule has 4 heterocycles. The number of aliphatic hydroxyl groups is 8. The van der Waals surface area contributed by atoms with Gasteiger partial charge in [0.25, 0.3) is 0 Å². The number of rotatable bonds is 12. The van der Waals surface area contributed by atoms with Gasteiger partial charge in [0, 0.05) is 13.2 Å². The molecule has 0 saturated carbocycles. The highest BCUT2D eigenvalue weighted by Crippen LogP contribution is 2.32. The zero-order valence-electron chi connectivity index (χ0n) is 31.2. The number of alkyl halides is 2. The van der Waals surface area contributed by atoms with Gasteiger partial charge in [-0.05, 0) is 89.8 Å². The van der Waals surface area contributed by atoms with Crippen LogP contribution < -0.4 is 21.3 Å². The molecule has 0 bridgehead atoms. The summed E-state index contributed by atoms with van der Waals surface area (Å²) in [6, 6.07) is -2.34. The average Bonchev–Trinajstić information content (AvgIpc) is 3.56. The maximum atomic E-state index is 12.8. The van der Waals surface area contributed by atoms with Crippen molar-refractivity contribution in [3.8, 4) is 0 Å². The van der Waals surface area contributed by atoms with Crippen molar-refractivity contribution in [3.63, 3.8) is 0 Å². The van der Waals surface area contributed by atoms with Crippen LogP contribution in [0.25, 0.3) is 0 Å². The minimum atomic E-state index is -1.39. The van der Waals surface area contributed by atoms with E-state index in [1.165, 1.54) is 23.5 Å². The molecule has 54 heavy (non-hydrogen) atoms. The van der Waals surface area contributed by atoms with E-state index in [2.05, 4.69) is 21.3 Å². The fourth-order valence-corrected chi connectivity index (χ4v) is 8.98. The topological polar surface area (TPSA) is 263 Å². The first-order valence-corrected chi connectivity index (χ1v) is 22.1. The molecular formula is C34H62Cl2N4O12S2. The van der Waals surface area contributed by atoms with Crippen molar-refractivity contribution in [2.45, 2.75) is 147 Å². The van der Waals surface area contributed by atoms with E-state index in [-0.39, 0.29) is 36.9 Å². The van der Waals surface area contributed by atoms with Crippen molar-refractivity contribution in [1.82, 2.24) is 21.3 Å². The van der Waals surface area contributed by atoms with Crippen molar-refractivity contribution < 1.29 is 59.9 Å². The predicted octanol–water partition coefficient (Wildman–Crippen LogP) is -1.96. The van der Waals surface area contributed by atoms with Crippen LogP contribution in [0.3, 0.4) is 0 Å². The summed E-state index contributed by atoms with van der Waals surface area (Å²) in [7, 11) is 0. The number of carbonyl (C=O) groups is 2. The Balaban J connectivity index is 0.000000290. The third kappa shape index (κ3) is 12.9. The van der Waals surface area contributed by atoms with E-state index in [0.29, 0.717) is 25.9 Å². The van der Waals surface area contributed by atoms with Gasteiger partial charge in [0.05, 0.1) is 34.9 Å². The van der Waals surface area contributed by atoms with Crippen molar-refractivity contribution in [1.29, 1.82) is 0 Å². The van der Waals surface area contributed by atoms with Crippen LogP contribution in [0.4, 0.5) is 0 Å². The smallest absolute Gasteiger partial charge is 0.237 e. The number of ether oxygens (including phenoxy) is 2. The number of carbonyl (C=O) groups excluding carboxylic acids is 2. The van der Waals surface area contributed by atoms with Crippen molar-refractivity contribution >= 4 is 58.5 Å². The van der Waals surface area contributed by atoms with E-state index >= 15 is 0 Å². The van der Waals surface area contributed by atoms with Gasteiger partial charge in [-0.2, -0.15) is 0 Å². The van der Waals surface area contributed by atoms with E-state index < -0.39 is 94.6 Å². The maximum absolute atomic E-state index is 12.8.